The largest absolute Gasteiger partial charge is 0.467 e. The molecule has 0 fully saturated rings. The summed E-state index contributed by atoms with van der Waals surface area (Å²) in [6.45, 7) is 8.89. The van der Waals surface area contributed by atoms with Gasteiger partial charge in [-0.2, -0.15) is 0 Å². The minimum absolute atomic E-state index is 0.292. The Morgan fingerprint density at radius 1 is 0.733 bits per heavy atom. The first kappa shape index (κ1) is 27.0. The van der Waals surface area contributed by atoms with E-state index < -0.39 is 60.3 Å². The van der Waals surface area contributed by atoms with Gasteiger partial charge in [0.2, 0.25) is 11.8 Å². The van der Waals surface area contributed by atoms with Crippen molar-refractivity contribution in [1.29, 1.82) is 0 Å². The van der Waals surface area contributed by atoms with Crippen molar-refractivity contribution < 1.29 is 38.2 Å². The van der Waals surface area contributed by atoms with Crippen LogP contribution in [-0.4, -0.2) is 74.0 Å². The molecule has 4 amide bonds. The van der Waals surface area contributed by atoms with E-state index in [4.69, 9.17) is 9.47 Å². The van der Waals surface area contributed by atoms with Crippen LogP contribution in [0.15, 0.2) is 0 Å². The van der Waals surface area contributed by atoms with Gasteiger partial charge in [0, 0.05) is 6.54 Å². The molecule has 0 aromatic heterocycles. The van der Waals surface area contributed by atoms with Crippen LogP contribution >= 0.6 is 0 Å². The molecular formula is C18H32N4O8. The van der Waals surface area contributed by atoms with Crippen LogP contribution in [-0.2, 0) is 28.6 Å². The SMILES string of the molecule is COC(=O)C(CNC(=O)CNC(=O)OC(C)(C)C)NC(=O)CNC(=O)OC(C)(C)C. The zero-order valence-corrected chi connectivity index (χ0v) is 18.5. The summed E-state index contributed by atoms with van der Waals surface area (Å²) in [6.07, 6.45) is -1.57. The maximum Gasteiger partial charge on any atom is 0.408 e. The van der Waals surface area contributed by atoms with Crippen molar-refractivity contribution >= 4 is 30.0 Å². The lowest BCUT2D eigenvalue weighted by molar-refractivity contribution is -0.144. The highest BCUT2D eigenvalue weighted by Gasteiger charge is 2.23. The van der Waals surface area contributed by atoms with Crippen molar-refractivity contribution in [3.8, 4) is 0 Å². The molecule has 0 aliphatic carbocycles. The molecular weight excluding hydrogens is 400 g/mol. The molecule has 1 atom stereocenters. The molecule has 0 aliphatic rings. The summed E-state index contributed by atoms with van der Waals surface area (Å²) in [6, 6.07) is -1.20. The monoisotopic (exact) mass is 432 g/mol. The van der Waals surface area contributed by atoms with Gasteiger partial charge in [-0.25, -0.2) is 14.4 Å². The van der Waals surface area contributed by atoms with Crippen LogP contribution in [0.2, 0.25) is 0 Å². The molecule has 0 rings (SSSR count). The minimum atomic E-state index is -1.20. The van der Waals surface area contributed by atoms with Crippen LogP contribution in [0.25, 0.3) is 0 Å². The van der Waals surface area contributed by atoms with Crippen LogP contribution in [0.3, 0.4) is 0 Å². The average Bonchev–Trinajstić information content (AvgIpc) is 2.58. The first-order chi connectivity index (χ1) is 13.6. The Morgan fingerprint density at radius 3 is 1.57 bits per heavy atom. The summed E-state index contributed by atoms with van der Waals surface area (Å²) >= 11 is 0. The predicted molar refractivity (Wildman–Crippen MR) is 105 cm³/mol. The summed E-state index contributed by atoms with van der Waals surface area (Å²) in [4.78, 5) is 58.7. The number of ether oxygens (including phenoxy) is 3. The summed E-state index contributed by atoms with van der Waals surface area (Å²) in [5.74, 6) is -2.12. The van der Waals surface area contributed by atoms with Crippen molar-refractivity contribution in [3.05, 3.63) is 0 Å². The summed E-state index contributed by atoms with van der Waals surface area (Å²) in [5.41, 5.74) is -1.44. The first-order valence-corrected chi connectivity index (χ1v) is 9.20. The third-order valence-electron chi connectivity index (χ3n) is 2.91. The van der Waals surface area contributed by atoms with Gasteiger partial charge in [0.25, 0.3) is 0 Å². The van der Waals surface area contributed by atoms with E-state index in [1.807, 2.05) is 0 Å². The normalized spacial score (nSPS) is 12.1. The summed E-state index contributed by atoms with van der Waals surface area (Å²) in [7, 11) is 1.12. The number of carbonyl (C=O) groups is 5. The van der Waals surface area contributed by atoms with Gasteiger partial charge in [-0.15, -0.1) is 0 Å². The van der Waals surface area contributed by atoms with Crippen LogP contribution in [0, 0.1) is 0 Å². The number of amides is 4. The molecule has 12 heteroatoms. The fraction of sp³-hybridized carbons (Fsp3) is 0.722. The Bertz CT molecular complexity index is 637. The molecule has 0 saturated heterocycles. The fourth-order valence-corrected chi connectivity index (χ4v) is 1.79. The number of methoxy groups -OCH3 is 1. The summed E-state index contributed by atoms with van der Waals surface area (Å²) in [5, 5.41) is 9.21. The molecule has 0 radical (unpaired) electrons. The van der Waals surface area contributed by atoms with Crippen molar-refractivity contribution in [2.75, 3.05) is 26.7 Å². The quantitative estimate of drug-likeness (QED) is 0.303. The van der Waals surface area contributed by atoms with E-state index in [1.54, 1.807) is 41.5 Å². The number of alkyl carbamates (subject to hydrolysis) is 2. The van der Waals surface area contributed by atoms with Crippen molar-refractivity contribution in [3.63, 3.8) is 0 Å². The lowest BCUT2D eigenvalue weighted by Crippen LogP contribution is -2.52. The fourth-order valence-electron chi connectivity index (χ4n) is 1.79. The Kier molecular flexibility index (Phi) is 10.6. The minimum Gasteiger partial charge on any atom is -0.467 e. The van der Waals surface area contributed by atoms with Crippen LogP contribution in [0.1, 0.15) is 41.5 Å². The van der Waals surface area contributed by atoms with E-state index in [1.165, 1.54) is 0 Å². The second-order valence-electron chi connectivity index (χ2n) is 8.16. The molecule has 30 heavy (non-hydrogen) atoms. The predicted octanol–water partition coefficient (Wildman–Crippen LogP) is -0.190. The lowest BCUT2D eigenvalue weighted by atomic mass is 10.2. The molecule has 0 heterocycles. The van der Waals surface area contributed by atoms with Crippen molar-refractivity contribution in [2.24, 2.45) is 0 Å². The van der Waals surface area contributed by atoms with E-state index in [-0.39, 0.29) is 6.54 Å². The highest BCUT2D eigenvalue weighted by Crippen LogP contribution is 2.06. The Morgan fingerprint density at radius 2 is 1.17 bits per heavy atom. The maximum atomic E-state index is 12.0. The average molecular weight is 432 g/mol. The third-order valence-corrected chi connectivity index (χ3v) is 2.91. The second-order valence-corrected chi connectivity index (χ2v) is 8.16. The number of hydrogen-bond acceptors (Lipinski definition) is 8. The Hall–Kier alpha value is -3.05. The highest BCUT2D eigenvalue weighted by molar-refractivity contribution is 5.88. The van der Waals surface area contributed by atoms with E-state index in [9.17, 15) is 24.0 Å². The van der Waals surface area contributed by atoms with E-state index in [2.05, 4.69) is 26.0 Å². The van der Waals surface area contributed by atoms with E-state index >= 15 is 0 Å². The Balaban J connectivity index is 4.50. The smallest absolute Gasteiger partial charge is 0.408 e. The lowest BCUT2D eigenvalue weighted by Gasteiger charge is -2.21. The molecule has 1 unspecified atom stereocenters. The first-order valence-electron chi connectivity index (χ1n) is 9.20. The molecule has 172 valence electrons. The van der Waals surface area contributed by atoms with Gasteiger partial charge >= 0.3 is 18.2 Å². The molecule has 0 aromatic rings. The molecule has 12 nitrogen and oxygen atoms in total. The Labute approximate surface area is 175 Å². The number of rotatable bonds is 8. The third kappa shape index (κ3) is 14.0. The molecule has 0 saturated carbocycles. The number of esters is 1. The van der Waals surface area contributed by atoms with Crippen LogP contribution in [0.5, 0.6) is 0 Å². The molecule has 0 bridgehead atoms. The van der Waals surface area contributed by atoms with Crippen molar-refractivity contribution in [2.45, 2.75) is 58.8 Å². The van der Waals surface area contributed by atoms with Gasteiger partial charge < -0.3 is 35.5 Å². The van der Waals surface area contributed by atoms with Crippen LogP contribution in [0.4, 0.5) is 9.59 Å². The van der Waals surface area contributed by atoms with E-state index in [0.29, 0.717) is 0 Å². The van der Waals surface area contributed by atoms with Gasteiger partial charge in [-0.1, -0.05) is 0 Å². The van der Waals surface area contributed by atoms with Gasteiger partial charge in [0.15, 0.2) is 0 Å². The molecule has 0 aromatic carbocycles. The zero-order chi connectivity index (χ0) is 23.5. The van der Waals surface area contributed by atoms with E-state index in [0.717, 1.165) is 7.11 Å². The standard InChI is InChI=1S/C18H32N4O8/c1-17(2,3)29-15(26)20-9-12(23)19-8-11(14(25)28-7)22-13(24)10-21-16(27)30-18(4,5)6/h11H,8-10H2,1-7H3,(H,19,23)(H,20,26)(H,21,27)(H,22,24). The molecule has 0 aliphatic heterocycles. The number of nitrogens with one attached hydrogen (secondary N) is 4. The van der Waals surface area contributed by atoms with Gasteiger partial charge in [-0.3, -0.25) is 9.59 Å². The second kappa shape index (κ2) is 11.8. The molecule has 0 spiro atoms. The van der Waals surface area contributed by atoms with Gasteiger partial charge in [0.1, 0.15) is 23.8 Å². The highest BCUT2D eigenvalue weighted by atomic mass is 16.6. The van der Waals surface area contributed by atoms with Crippen LogP contribution < -0.4 is 21.3 Å². The molecule has 4 N–H and O–H groups in total. The zero-order valence-electron chi connectivity index (χ0n) is 18.5. The number of hydrogen-bond donors (Lipinski definition) is 4. The summed E-state index contributed by atoms with van der Waals surface area (Å²) < 4.78 is 14.6. The number of carbonyl (C=O) groups excluding carboxylic acids is 5. The maximum absolute atomic E-state index is 12.0. The van der Waals surface area contributed by atoms with Crippen molar-refractivity contribution in [1.82, 2.24) is 21.3 Å². The van der Waals surface area contributed by atoms with Gasteiger partial charge in [-0.05, 0) is 41.5 Å². The van der Waals surface area contributed by atoms with Gasteiger partial charge in [0.05, 0.1) is 13.7 Å². The topological polar surface area (TPSA) is 161 Å².